The fourth-order valence-electron chi connectivity index (χ4n) is 0.984. The van der Waals surface area contributed by atoms with E-state index in [1.54, 1.807) is 0 Å². The molecular formula is C7H11N3O3. The van der Waals surface area contributed by atoms with Crippen molar-refractivity contribution in [2.45, 2.75) is 20.4 Å². The average molecular weight is 185 g/mol. The Morgan fingerprint density at radius 1 is 1.15 bits per heavy atom. The van der Waals surface area contributed by atoms with Crippen LogP contribution in [0.1, 0.15) is 13.8 Å². The first-order chi connectivity index (χ1) is 6.00. The minimum absolute atomic E-state index is 0.171. The van der Waals surface area contributed by atoms with Crippen molar-refractivity contribution in [1.82, 2.24) is 14.5 Å². The standard InChI is InChI=1S/C7H11N3O3/c1-4(2)3-10-6(12)8-5(11)9-7(10)13/h4H,3H2,1-2H3,(H2,8,9,11,12,13). The molecule has 2 N–H and O–H groups in total. The van der Waals surface area contributed by atoms with Crippen LogP contribution in [0.5, 0.6) is 0 Å². The highest BCUT2D eigenvalue weighted by atomic mass is 16.2. The topological polar surface area (TPSA) is 87.7 Å². The van der Waals surface area contributed by atoms with E-state index in [9.17, 15) is 14.4 Å². The molecule has 6 nitrogen and oxygen atoms in total. The van der Waals surface area contributed by atoms with Crippen molar-refractivity contribution in [2.24, 2.45) is 5.92 Å². The van der Waals surface area contributed by atoms with Crippen molar-refractivity contribution in [1.29, 1.82) is 0 Å². The van der Waals surface area contributed by atoms with Crippen LogP contribution in [0.3, 0.4) is 0 Å². The van der Waals surface area contributed by atoms with E-state index in [-0.39, 0.29) is 5.92 Å². The van der Waals surface area contributed by atoms with Crippen molar-refractivity contribution in [2.75, 3.05) is 0 Å². The number of H-pyrrole nitrogens is 2. The third-order valence-electron chi connectivity index (χ3n) is 1.48. The lowest BCUT2D eigenvalue weighted by molar-refractivity contribution is 0.479. The van der Waals surface area contributed by atoms with Gasteiger partial charge in [0.05, 0.1) is 0 Å². The number of hydrogen-bond donors (Lipinski definition) is 2. The molecule has 0 amide bonds. The van der Waals surface area contributed by atoms with Crippen molar-refractivity contribution in [3.05, 3.63) is 31.5 Å². The maximum absolute atomic E-state index is 11.1. The number of nitrogens with one attached hydrogen (secondary N) is 2. The highest BCUT2D eigenvalue weighted by molar-refractivity contribution is 4.69. The smallest absolute Gasteiger partial charge is 0.259 e. The Bertz CT molecular complexity index is 417. The Kier molecular flexibility index (Phi) is 2.50. The molecule has 0 unspecified atom stereocenters. The van der Waals surface area contributed by atoms with Crippen molar-refractivity contribution in [3.63, 3.8) is 0 Å². The fraction of sp³-hybridized carbons (Fsp3) is 0.571. The van der Waals surface area contributed by atoms with E-state index in [0.717, 1.165) is 4.57 Å². The van der Waals surface area contributed by atoms with Crippen LogP contribution in [0.15, 0.2) is 14.4 Å². The predicted octanol–water partition coefficient (Wildman–Crippen LogP) is -1.12. The highest BCUT2D eigenvalue weighted by Gasteiger charge is 2.03. The van der Waals surface area contributed by atoms with Crippen LogP contribution in [0.4, 0.5) is 0 Å². The molecule has 13 heavy (non-hydrogen) atoms. The first-order valence-corrected chi connectivity index (χ1v) is 3.94. The van der Waals surface area contributed by atoms with E-state index in [1.807, 2.05) is 23.8 Å². The van der Waals surface area contributed by atoms with Crippen molar-refractivity contribution in [3.8, 4) is 0 Å². The number of aromatic amines is 2. The summed E-state index contributed by atoms with van der Waals surface area (Å²) < 4.78 is 0.964. The van der Waals surface area contributed by atoms with Gasteiger partial charge < -0.3 is 0 Å². The van der Waals surface area contributed by atoms with E-state index >= 15 is 0 Å². The zero-order valence-electron chi connectivity index (χ0n) is 7.46. The molecule has 0 radical (unpaired) electrons. The summed E-state index contributed by atoms with van der Waals surface area (Å²) in [6, 6.07) is 0. The van der Waals surface area contributed by atoms with E-state index in [2.05, 4.69) is 0 Å². The monoisotopic (exact) mass is 185 g/mol. The van der Waals surface area contributed by atoms with E-state index < -0.39 is 17.1 Å². The second-order valence-electron chi connectivity index (χ2n) is 3.19. The predicted molar refractivity (Wildman–Crippen MR) is 46.8 cm³/mol. The fourth-order valence-corrected chi connectivity index (χ4v) is 0.984. The van der Waals surface area contributed by atoms with Crippen LogP contribution >= 0.6 is 0 Å². The third-order valence-corrected chi connectivity index (χ3v) is 1.48. The molecule has 0 fully saturated rings. The van der Waals surface area contributed by atoms with Crippen LogP contribution in [0, 0.1) is 5.92 Å². The van der Waals surface area contributed by atoms with Gasteiger partial charge in [-0.2, -0.15) is 0 Å². The summed E-state index contributed by atoms with van der Waals surface area (Å²) in [5.74, 6) is 0.171. The third kappa shape index (κ3) is 2.17. The van der Waals surface area contributed by atoms with E-state index in [4.69, 9.17) is 0 Å². The van der Waals surface area contributed by atoms with Crippen LogP contribution < -0.4 is 17.1 Å². The molecule has 0 aromatic carbocycles. The van der Waals surface area contributed by atoms with Gasteiger partial charge in [-0.25, -0.2) is 19.0 Å². The summed E-state index contributed by atoms with van der Waals surface area (Å²) in [7, 11) is 0. The second kappa shape index (κ2) is 3.42. The molecule has 1 rings (SSSR count). The molecule has 0 aliphatic rings. The SMILES string of the molecule is CC(C)Cn1c(=O)[nH]c(=O)[nH]c1=O. The Balaban J connectivity index is 3.30. The molecule has 0 saturated carbocycles. The van der Waals surface area contributed by atoms with Gasteiger partial charge in [-0.05, 0) is 5.92 Å². The first-order valence-electron chi connectivity index (χ1n) is 3.94. The molecule has 0 spiro atoms. The molecule has 6 heteroatoms. The average Bonchev–Trinajstić information content (AvgIpc) is 1.96. The molecule has 0 saturated heterocycles. The molecular weight excluding hydrogens is 174 g/mol. The van der Waals surface area contributed by atoms with E-state index in [1.165, 1.54) is 0 Å². The summed E-state index contributed by atoms with van der Waals surface area (Å²) >= 11 is 0. The summed E-state index contributed by atoms with van der Waals surface area (Å²) in [6.45, 7) is 4.04. The number of nitrogens with zero attached hydrogens (tertiary/aromatic N) is 1. The van der Waals surface area contributed by atoms with Crippen LogP contribution in [0.25, 0.3) is 0 Å². The van der Waals surface area contributed by atoms with Gasteiger partial charge in [0.1, 0.15) is 0 Å². The summed E-state index contributed by atoms with van der Waals surface area (Å²) in [5.41, 5.74) is -2.10. The molecule has 1 aromatic heterocycles. The highest BCUT2D eigenvalue weighted by Crippen LogP contribution is 1.90. The van der Waals surface area contributed by atoms with Gasteiger partial charge >= 0.3 is 17.1 Å². The first kappa shape index (κ1) is 9.50. The minimum atomic E-state index is -0.769. The molecule has 0 bridgehead atoms. The molecule has 0 aliphatic heterocycles. The van der Waals surface area contributed by atoms with Gasteiger partial charge in [0.2, 0.25) is 0 Å². The van der Waals surface area contributed by atoms with Gasteiger partial charge in [0.25, 0.3) is 0 Å². The van der Waals surface area contributed by atoms with Crippen LogP contribution in [0.2, 0.25) is 0 Å². The summed E-state index contributed by atoms with van der Waals surface area (Å²) in [4.78, 5) is 36.8. The zero-order chi connectivity index (χ0) is 10.0. The molecule has 72 valence electrons. The molecule has 0 aliphatic carbocycles. The minimum Gasteiger partial charge on any atom is -0.259 e. The van der Waals surface area contributed by atoms with Crippen molar-refractivity contribution < 1.29 is 0 Å². The summed E-state index contributed by atoms with van der Waals surface area (Å²) in [6.07, 6.45) is 0. The van der Waals surface area contributed by atoms with Crippen LogP contribution in [-0.2, 0) is 6.54 Å². The Labute approximate surface area is 73.2 Å². The Morgan fingerprint density at radius 3 is 2.00 bits per heavy atom. The van der Waals surface area contributed by atoms with Crippen molar-refractivity contribution >= 4 is 0 Å². The van der Waals surface area contributed by atoms with E-state index in [0.29, 0.717) is 6.54 Å². The molecule has 0 atom stereocenters. The van der Waals surface area contributed by atoms with Gasteiger partial charge in [0, 0.05) is 6.54 Å². The lowest BCUT2D eigenvalue weighted by Gasteiger charge is -2.04. The number of rotatable bonds is 2. The quantitative estimate of drug-likeness (QED) is 0.611. The van der Waals surface area contributed by atoms with Gasteiger partial charge in [-0.15, -0.1) is 0 Å². The lowest BCUT2D eigenvalue weighted by atomic mass is 10.2. The summed E-state index contributed by atoms with van der Waals surface area (Å²) in [5, 5.41) is 0. The van der Waals surface area contributed by atoms with Gasteiger partial charge in [0.15, 0.2) is 0 Å². The second-order valence-corrected chi connectivity index (χ2v) is 3.19. The maximum atomic E-state index is 11.1. The maximum Gasteiger partial charge on any atom is 0.333 e. The largest absolute Gasteiger partial charge is 0.333 e. The molecule has 1 heterocycles. The van der Waals surface area contributed by atoms with Crippen LogP contribution in [-0.4, -0.2) is 14.5 Å². The van der Waals surface area contributed by atoms with Gasteiger partial charge in [-0.1, -0.05) is 13.8 Å². The normalized spacial score (nSPS) is 10.7. The van der Waals surface area contributed by atoms with Gasteiger partial charge in [-0.3, -0.25) is 9.97 Å². The number of hydrogen-bond acceptors (Lipinski definition) is 3. The lowest BCUT2D eigenvalue weighted by Crippen LogP contribution is -2.43. The zero-order valence-corrected chi connectivity index (χ0v) is 7.46. The Hall–Kier alpha value is -1.59. The Morgan fingerprint density at radius 2 is 1.62 bits per heavy atom. The number of aromatic nitrogens is 3. The molecule has 1 aromatic rings.